The average Bonchev–Trinajstić information content (AvgIpc) is 1.49. The first-order chi connectivity index (χ1) is 42.7. The van der Waals surface area contributed by atoms with Crippen molar-refractivity contribution in [1.29, 1.82) is 0 Å². The minimum atomic E-state index is -2.51. The summed E-state index contributed by atoms with van der Waals surface area (Å²) in [4.78, 5) is 18.8. The van der Waals surface area contributed by atoms with Crippen molar-refractivity contribution in [3.05, 3.63) is 188 Å². The van der Waals surface area contributed by atoms with Crippen LogP contribution in [0.5, 0.6) is 0 Å². The zero-order chi connectivity index (χ0) is 61.5. The molecule has 4 aromatic heterocycles. The van der Waals surface area contributed by atoms with Crippen LogP contribution in [-0.4, -0.2) is 36.8 Å². The third-order valence-corrected chi connectivity index (χ3v) is 44.0. The molecule has 0 N–H and O–H groups in total. The molecular weight excluding hydrogens is 1350 g/mol. The molecule has 88 heavy (non-hydrogen) atoms. The van der Waals surface area contributed by atoms with Gasteiger partial charge in [0.05, 0.1) is 0 Å². The Kier molecular flexibility index (Phi) is 22.6. The molecule has 0 atom stereocenters. The maximum atomic E-state index is 2.82. The Labute approximate surface area is 558 Å². The van der Waals surface area contributed by atoms with E-state index in [2.05, 4.69) is 224 Å². The number of unbranched alkanes of at least 4 members (excludes halogenated alkanes) is 20. The monoisotopic (exact) mass is 1460 g/mol. The van der Waals surface area contributed by atoms with Gasteiger partial charge in [-0.3, -0.25) is 0 Å². The molecule has 6 heteroatoms. The Hall–Kier alpha value is -2.98. The molecular formula is C82H106S4Sn2. The van der Waals surface area contributed by atoms with Gasteiger partial charge in [0.15, 0.2) is 0 Å². The van der Waals surface area contributed by atoms with Gasteiger partial charge in [0.25, 0.3) is 0 Å². The average molecular weight is 1460 g/mol. The Balaban J connectivity index is 1.14. The Morgan fingerprint density at radius 1 is 0.295 bits per heavy atom. The minimum absolute atomic E-state index is 0.491. The molecule has 0 radical (unpaired) electrons. The van der Waals surface area contributed by atoms with Crippen molar-refractivity contribution in [3.63, 3.8) is 0 Å². The number of fused-ring (bicyclic) bond motifs is 10. The van der Waals surface area contributed by atoms with E-state index in [9.17, 15) is 0 Å². The second-order valence-corrected chi connectivity index (χ2v) is 64.1. The van der Waals surface area contributed by atoms with Crippen LogP contribution in [0.3, 0.4) is 0 Å². The number of hydrogen-bond acceptors (Lipinski definition) is 4. The Morgan fingerprint density at radius 3 is 0.795 bits per heavy atom. The van der Waals surface area contributed by atoms with Crippen molar-refractivity contribution in [2.75, 3.05) is 0 Å². The normalized spacial score (nSPS) is 14.1. The van der Waals surface area contributed by atoms with E-state index in [0.717, 1.165) is 25.7 Å². The molecule has 0 spiro atoms. The molecule has 4 heterocycles. The van der Waals surface area contributed by atoms with Gasteiger partial charge < -0.3 is 0 Å². The van der Waals surface area contributed by atoms with Crippen molar-refractivity contribution < 1.29 is 0 Å². The first-order valence-electron chi connectivity index (χ1n) is 35.5. The first kappa shape index (κ1) is 66.5. The van der Waals surface area contributed by atoms with Crippen LogP contribution in [0.2, 0.25) is 29.6 Å². The summed E-state index contributed by atoms with van der Waals surface area (Å²) in [7, 11) is 0. The summed E-state index contributed by atoms with van der Waals surface area (Å²) < 4.78 is 9.46. The van der Waals surface area contributed by atoms with Crippen LogP contribution >= 0.6 is 45.3 Å². The molecule has 0 fully saturated rings. The quantitative estimate of drug-likeness (QED) is 0.0279. The molecule has 0 amide bonds. The summed E-state index contributed by atoms with van der Waals surface area (Å²) in [6.07, 6.45) is 36.5. The van der Waals surface area contributed by atoms with Gasteiger partial charge in [-0.15, -0.1) is 0 Å². The molecule has 11 rings (SSSR count). The fourth-order valence-corrected chi connectivity index (χ4v) is 31.7. The van der Waals surface area contributed by atoms with E-state index in [1.165, 1.54) is 249 Å². The third kappa shape index (κ3) is 13.8. The van der Waals surface area contributed by atoms with Crippen molar-refractivity contribution in [1.82, 2.24) is 0 Å². The Bertz CT molecular complexity index is 3330. The summed E-state index contributed by atoms with van der Waals surface area (Å²) in [6.45, 7) is 9.32. The van der Waals surface area contributed by atoms with Gasteiger partial charge in [-0.25, -0.2) is 0 Å². The molecule has 0 saturated carbocycles. The van der Waals surface area contributed by atoms with Gasteiger partial charge in [0, 0.05) is 0 Å². The first-order valence-corrected chi connectivity index (χ1v) is 58.7. The van der Waals surface area contributed by atoms with Gasteiger partial charge in [0.2, 0.25) is 0 Å². The van der Waals surface area contributed by atoms with Crippen LogP contribution in [0.15, 0.2) is 121 Å². The fourth-order valence-electron chi connectivity index (χ4n) is 15.1. The zero-order valence-electron chi connectivity index (χ0n) is 56.0. The molecule has 0 saturated heterocycles. The number of thiophene rings is 4. The molecule has 0 aliphatic heterocycles. The molecule has 0 nitrogen and oxygen atoms in total. The van der Waals surface area contributed by atoms with Gasteiger partial charge in [-0.1, -0.05) is 130 Å². The number of rotatable bonds is 34. The molecule has 0 unspecified atom stereocenters. The molecule has 0 bridgehead atoms. The molecule has 2 aliphatic carbocycles. The summed E-state index contributed by atoms with van der Waals surface area (Å²) in [5.41, 5.74) is 19.7. The summed E-state index contributed by atoms with van der Waals surface area (Å²) in [5.74, 6) is 0. The van der Waals surface area contributed by atoms with Gasteiger partial charge >= 0.3 is 433 Å². The van der Waals surface area contributed by atoms with Crippen molar-refractivity contribution in [3.8, 4) is 20.9 Å². The number of hydrogen-bond donors (Lipinski definition) is 0. The van der Waals surface area contributed by atoms with Crippen molar-refractivity contribution >= 4 is 107 Å². The SMILES string of the molecule is CCCCCCCCc1ccc(C2(c3ccc(CCCCCCCC)cc3)c3cc4c(cc3-c3sc5c[c]([Sn]([CH3])([CH3])[CH3])sc5c32)C(c2ccc(CCCCCCCC)cc2)(c2ccc(CCCCCCCC)cc2)c2c-4sc3c[c]([Sn]([CH3])([CH3])[CH3])sc23)cc1. The zero-order valence-corrected chi connectivity index (χ0v) is 65.0. The van der Waals surface area contributed by atoms with E-state index in [4.69, 9.17) is 0 Å². The van der Waals surface area contributed by atoms with Gasteiger partial charge in [-0.2, -0.15) is 0 Å². The predicted octanol–water partition coefficient (Wildman–Crippen LogP) is 25.7. The topological polar surface area (TPSA) is 0 Å². The van der Waals surface area contributed by atoms with E-state index in [-0.39, 0.29) is 0 Å². The van der Waals surface area contributed by atoms with Crippen molar-refractivity contribution in [2.24, 2.45) is 0 Å². The Morgan fingerprint density at radius 2 is 0.545 bits per heavy atom. The molecule has 2 aliphatic rings. The third-order valence-electron chi connectivity index (χ3n) is 20.2. The number of benzene rings is 5. The van der Waals surface area contributed by atoms with Gasteiger partial charge in [-0.05, 0) is 0 Å². The van der Waals surface area contributed by atoms with E-state index < -0.39 is 47.6 Å². The van der Waals surface area contributed by atoms with Crippen LogP contribution in [0, 0.1) is 0 Å². The van der Waals surface area contributed by atoms with Crippen molar-refractivity contribution in [2.45, 2.75) is 248 Å². The van der Waals surface area contributed by atoms with Gasteiger partial charge in [0.1, 0.15) is 0 Å². The van der Waals surface area contributed by atoms with E-state index in [1.807, 2.05) is 0 Å². The predicted molar refractivity (Wildman–Crippen MR) is 402 cm³/mol. The van der Waals surface area contributed by atoms with E-state index in [1.54, 1.807) is 16.9 Å². The molecule has 5 aromatic carbocycles. The second kappa shape index (κ2) is 30.0. The molecule has 466 valence electrons. The van der Waals surface area contributed by atoms with E-state index in [0.29, 0.717) is 0 Å². The van der Waals surface area contributed by atoms with Crippen LogP contribution < -0.4 is 5.79 Å². The second-order valence-electron chi connectivity index (χ2n) is 29.0. The standard InChI is InChI=1S/C76H88S4.6CH3.2Sn/c1-5-9-13-17-21-25-29-55-33-41-59(42-34-55)75(60-43-35-56(36-44-60)30-26-22-18-14-10-6-2)65-53-64-66(54-63(65)71-69(75)73-67(79-71)49-51-77-73)76(70-72(64)80-68-50-52-78-74(68)70,61-45-37-57(38-46-61)31-27-23-19-15-11-7-3)62-47-39-58(40-48-62)32-28-24-20-16-12-8-4;;;;;;;;/h33-50,53-54H,5-32H2,1-4H3;6*1H3;;. The van der Waals surface area contributed by atoms with E-state index >= 15 is 0 Å². The summed E-state index contributed by atoms with van der Waals surface area (Å²) >= 11 is 3.58. The molecule has 9 aromatic rings. The van der Waals surface area contributed by atoms with Crippen LogP contribution in [0.1, 0.15) is 249 Å². The summed E-state index contributed by atoms with van der Waals surface area (Å²) in [6, 6.07) is 52.1. The van der Waals surface area contributed by atoms with Crippen LogP contribution in [-0.2, 0) is 36.5 Å². The maximum absolute atomic E-state index is 2.82. The number of aryl methyl sites for hydroxylation is 4. The van der Waals surface area contributed by atoms with Crippen LogP contribution in [0.25, 0.3) is 39.7 Å². The summed E-state index contributed by atoms with van der Waals surface area (Å²) in [5, 5.41) is 0. The van der Waals surface area contributed by atoms with Crippen LogP contribution in [0.4, 0.5) is 0 Å². The fraction of sp³-hybridized carbons (Fsp3) is 0.488.